The van der Waals surface area contributed by atoms with Crippen LogP contribution in [0.15, 0.2) is 126 Å². The van der Waals surface area contributed by atoms with Crippen LogP contribution in [0.3, 0.4) is 0 Å². The molecule has 1 atom stereocenters. The molecule has 290 valence electrons. The number of fused-ring (bicyclic) bond motifs is 3. The molecular weight excluding hydrogens is 699 g/mol. The summed E-state index contributed by atoms with van der Waals surface area (Å²) in [6, 6.07) is 41.2. The Balaban J connectivity index is 1.34. The number of aliphatic imine (C=N–C) groups is 1. The van der Waals surface area contributed by atoms with Gasteiger partial charge in [0.2, 0.25) is 5.90 Å². The fraction of sp³-hybridized carbons (Fsp3) is 0.308. The van der Waals surface area contributed by atoms with E-state index in [0.717, 1.165) is 50.4 Å². The molecule has 0 N–H and O–H groups in total. The van der Waals surface area contributed by atoms with Crippen LogP contribution in [0.5, 0.6) is 11.5 Å². The summed E-state index contributed by atoms with van der Waals surface area (Å²) in [5.74, 6) is 2.73. The average Bonchev–Trinajstić information content (AvgIpc) is 3.63. The first-order valence-electron chi connectivity index (χ1n) is 20.4. The molecule has 0 amide bonds. The van der Waals surface area contributed by atoms with Gasteiger partial charge in [0.25, 0.3) is 0 Å². The van der Waals surface area contributed by atoms with Crippen LogP contribution in [-0.4, -0.2) is 21.0 Å². The number of pyridine rings is 1. The molecule has 5 heteroatoms. The number of rotatable bonds is 8. The predicted molar refractivity (Wildman–Crippen MR) is 238 cm³/mol. The van der Waals surface area contributed by atoms with Gasteiger partial charge in [-0.1, -0.05) is 109 Å². The minimum absolute atomic E-state index is 0.147. The topological polar surface area (TPSA) is 48.6 Å². The standard InChI is InChI=1S/C52H55N3O2/c1-32(2)42-19-15-20-43(33(3)4)47(42)35-26-36(49-54-52(11,51(9,10)57-49)37-17-13-12-14-18-37)28-40(27-35)56-41-30-38(50(6,7)8)29-39(31-41)55-46-23-22-34(5)25-45(46)44-21-16-24-53-48(44)55/h12-33H,1-11H3/t52-/m1/s1. The first-order valence-corrected chi connectivity index (χ1v) is 20.4. The van der Waals surface area contributed by atoms with Crippen LogP contribution in [0, 0.1) is 6.92 Å². The van der Waals surface area contributed by atoms with Gasteiger partial charge >= 0.3 is 0 Å². The maximum absolute atomic E-state index is 7.10. The van der Waals surface area contributed by atoms with Crippen molar-refractivity contribution in [3.05, 3.63) is 155 Å². The van der Waals surface area contributed by atoms with Gasteiger partial charge in [-0.25, -0.2) is 9.98 Å². The second-order valence-corrected chi connectivity index (χ2v) is 18.1. The molecule has 0 spiro atoms. The summed E-state index contributed by atoms with van der Waals surface area (Å²) in [6.07, 6.45) is 1.88. The van der Waals surface area contributed by atoms with E-state index >= 15 is 0 Å². The predicted octanol–water partition coefficient (Wildman–Crippen LogP) is 14.0. The fourth-order valence-corrected chi connectivity index (χ4v) is 8.37. The molecule has 0 saturated carbocycles. The van der Waals surface area contributed by atoms with Crippen LogP contribution >= 0.6 is 0 Å². The molecule has 0 unspecified atom stereocenters. The molecule has 2 aromatic heterocycles. The average molecular weight is 754 g/mol. The van der Waals surface area contributed by atoms with Crippen molar-refractivity contribution in [2.45, 2.75) is 105 Å². The van der Waals surface area contributed by atoms with Crippen molar-refractivity contribution < 1.29 is 9.47 Å². The van der Waals surface area contributed by atoms with Gasteiger partial charge in [-0.2, -0.15) is 0 Å². The molecule has 1 aliphatic rings. The van der Waals surface area contributed by atoms with Crippen molar-refractivity contribution in [3.63, 3.8) is 0 Å². The highest BCUT2D eigenvalue weighted by Crippen LogP contribution is 2.46. The summed E-state index contributed by atoms with van der Waals surface area (Å²) in [6.45, 7) is 24.4. The Labute approximate surface area is 338 Å². The van der Waals surface area contributed by atoms with E-state index in [0.29, 0.717) is 17.7 Å². The highest BCUT2D eigenvalue weighted by atomic mass is 16.5. The minimum atomic E-state index is -0.593. The molecule has 0 fully saturated rings. The maximum atomic E-state index is 7.10. The third kappa shape index (κ3) is 6.81. The van der Waals surface area contributed by atoms with E-state index in [9.17, 15) is 0 Å². The Morgan fingerprint density at radius 2 is 1.37 bits per heavy atom. The Bertz CT molecular complexity index is 2650. The van der Waals surface area contributed by atoms with Crippen molar-refractivity contribution in [3.8, 4) is 28.3 Å². The van der Waals surface area contributed by atoms with E-state index in [1.165, 1.54) is 33.2 Å². The van der Waals surface area contributed by atoms with E-state index in [-0.39, 0.29) is 5.41 Å². The Kier molecular flexibility index (Phi) is 9.42. The summed E-state index contributed by atoms with van der Waals surface area (Å²) in [5, 5.41) is 2.32. The lowest BCUT2D eigenvalue weighted by molar-refractivity contribution is 0.0519. The highest BCUT2D eigenvalue weighted by Gasteiger charge is 2.50. The summed E-state index contributed by atoms with van der Waals surface area (Å²) in [7, 11) is 0. The largest absolute Gasteiger partial charge is 0.468 e. The van der Waals surface area contributed by atoms with E-state index in [1.807, 2.05) is 18.3 Å². The number of nitrogens with zero attached hydrogens (tertiary/aromatic N) is 3. The SMILES string of the molecule is Cc1ccc2c(c1)c1cccnc1n2-c1cc(Oc2cc(C3=N[C@](C)(c4ccccc4)C(C)(C)O3)cc(-c3c(C(C)C)cccc3C(C)C)c2)cc(C(C)(C)C)c1. The van der Waals surface area contributed by atoms with Crippen LogP contribution in [0.2, 0.25) is 0 Å². The lowest BCUT2D eigenvalue weighted by Crippen LogP contribution is -2.41. The summed E-state index contributed by atoms with van der Waals surface area (Å²) < 4.78 is 16.2. The Hall–Kier alpha value is -5.68. The highest BCUT2D eigenvalue weighted by molar-refractivity contribution is 6.08. The van der Waals surface area contributed by atoms with Crippen molar-refractivity contribution in [2.75, 3.05) is 0 Å². The van der Waals surface area contributed by atoms with Crippen LogP contribution < -0.4 is 4.74 Å². The lowest BCUT2D eigenvalue weighted by atomic mass is 9.79. The van der Waals surface area contributed by atoms with Gasteiger partial charge in [0, 0.05) is 28.6 Å². The minimum Gasteiger partial charge on any atom is -0.468 e. The van der Waals surface area contributed by atoms with E-state index in [4.69, 9.17) is 19.5 Å². The molecule has 3 heterocycles. The number of benzene rings is 5. The molecule has 8 rings (SSSR count). The molecule has 0 bridgehead atoms. The monoisotopic (exact) mass is 753 g/mol. The number of aromatic nitrogens is 2. The molecule has 0 saturated heterocycles. The van der Waals surface area contributed by atoms with Crippen LogP contribution in [0.25, 0.3) is 38.8 Å². The third-order valence-corrected chi connectivity index (χ3v) is 11.9. The van der Waals surface area contributed by atoms with Gasteiger partial charge in [0.1, 0.15) is 28.3 Å². The Morgan fingerprint density at radius 3 is 2.05 bits per heavy atom. The second-order valence-electron chi connectivity index (χ2n) is 18.1. The zero-order chi connectivity index (χ0) is 40.4. The van der Waals surface area contributed by atoms with Gasteiger partial charge in [-0.15, -0.1) is 0 Å². The van der Waals surface area contributed by atoms with Gasteiger partial charge in [-0.3, -0.25) is 4.57 Å². The summed E-state index contributed by atoms with van der Waals surface area (Å²) >= 11 is 0. The van der Waals surface area contributed by atoms with Crippen molar-refractivity contribution >= 4 is 27.8 Å². The van der Waals surface area contributed by atoms with Crippen LogP contribution in [0.1, 0.15) is 114 Å². The van der Waals surface area contributed by atoms with E-state index in [2.05, 4.69) is 184 Å². The van der Waals surface area contributed by atoms with E-state index in [1.54, 1.807) is 0 Å². The quantitative estimate of drug-likeness (QED) is 0.155. The number of hydrogen-bond donors (Lipinski definition) is 0. The molecule has 0 aliphatic carbocycles. The van der Waals surface area contributed by atoms with Crippen LogP contribution in [0.4, 0.5) is 0 Å². The molecule has 0 radical (unpaired) electrons. The molecular formula is C52H55N3O2. The van der Waals surface area contributed by atoms with Crippen LogP contribution in [-0.2, 0) is 15.7 Å². The molecule has 7 aromatic rings. The number of aryl methyl sites for hydroxylation is 1. The lowest BCUT2D eigenvalue weighted by Gasteiger charge is -2.34. The maximum Gasteiger partial charge on any atom is 0.217 e. The number of hydrogen-bond acceptors (Lipinski definition) is 4. The molecule has 57 heavy (non-hydrogen) atoms. The van der Waals surface area contributed by atoms with Crippen molar-refractivity contribution in [1.82, 2.24) is 9.55 Å². The van der Waals surface area contributed by atoms with E-state index < -0.39 is 11.1 Å². The fourth-order valence-electron chi connectivity index (χ4n) is 8.37. The van der Waals surface area contributed by atoms with Gasteiger partial charge in [0.05, 0.1) is 11.2 Å². The molecule has 5 nitrogen and oxygen atoms in total. The Morgan fingerprint density at radius 1 is 0.684 bits per heavy atom. The summed E-state index contributed by atoms with van der Waals surface area (Å²) in [4.78, 5) is 10.3. The van der Waals surface area contributed by atoms with Crippen molar-refractivity contribution in [1.29, 1.82) is 0 Å². The smallest absolute Gasteiger partial charge is 0.217 e. The van der Waals surface area contributed by atoms with Gasteiger partial charge in [0.15, 0.2) is 0 Å². The number of ether oxygens (including phenoxy) is 2. The van der Waals surface area contributed by atoms with Gasteiger partial charge in [-0.05, 0) is 133 Å². The second kappa shape index (κ2) is 14.1. The first kappa shape index (κ1) is 38.2. The van der Waals surface area contributed by atoms with Gasteiger partial charge < -0.3 is 9.47 Å². The third-order valence-electron chi connectivity index (χ3n) is 11.9. The zero-order valence-corrected chi connectivity index (χ0v) is 35.4. The van der Waals surface area contributed by atoms with Crippen molar-refractivity contribution in [2.24, 2.45) is 4.99 Å². The molecule has 5 aromatic carbocycles. The normalized spacial score (nSPS) is 16.8. The first-order chi connectivity index (χ1) is 27.0. The molecule has 1 aliphatic heterocycles. The zero-order valence-electron chi connectivity index (χ0n) is 35.4. The summed E-state index contributed by atoms with van der Waals surface area (Å²) in [5.41, 5.74) is 11.0.